The first-order valence-corrected chi connectivity index (χ1v) is 8.84. The van der Waals surface area contributed by atoms with Crippen molar-refractivity contribution in [1.29, 1.82) is 0 Å². The van der Waals surface area contributed by atoms with E-state index in [1.165, 1.54) is 18.2 Å². The fourth-order valence-electron chi connectivity index (χ4n) is 3.40. The number of nitro benzene ring substituents is 1. The summed E-state index contributed by atoms with van der Waals surface area (Å²) >= 11 is 0. The molecule has 0 spiro atoms. The van der Waals surface area contributed by atoms with Crippen LogP contribution in [0.1, 0.15) is 24.8 Å². The van der Waals surface area contributed by atoms with Crippen molar-refractivity contribution in [3.05, 3.63) is 33.9 Å². The molecule has 120 valence electrons. The number of nitrogens with zero attached hydrogens (tertiary/aromatic N) is 2. The van der Waals surface area contributed by atoms with Crippen LogP contribution in [0, 0.1) is 17.0 Å². The first-order valence-electron chi connectivity index (χ1n) is 7.40. The molecule has 2 aliphatic rings. The maximum Gasteiger partial charge on any atom is 0.273 e. The van der Waals surface area contributed by atoms with Crippen molar-refractivity contribution < 1.29 is 13.3 Å². The summed E-state index contributed by atoms with van der Waals surface area (Å²) in [5.41, 5.74) is 0.311. The molecule has 2 aliphatic heterocycles. The van der Waals surface area contributed by atoms with Gasteiger partial charge in [0.2, 0.25) is 10.0 Å². The zero-order valence-electron chi connectivity index (χ0n) is 12.4. The highest BCUT2D eigenvalue weighted by molar-refractivity contribution is 7.89. The Kier molecular flexibility index (Phi) is 3.92. The van der Waals surface area contributed by atoms with E-state index in [-0.39, 0.29) is 22.7 Å². The number of nitrogens with one attached hydrogen (secondary N) is 1. The largest absolute Gasteiger partial charge is 0.315 e. The molecule has 2 atom stereocenters. The number of rotatable bonds is 3. The van der Waals surface area contributed by atoms with E-state index in [1.807, 2.05) is 0 Å². The molecule has 1 aromatic carbocycles. The third-order valence-corrected chi connectivity index (χ3v) is 6.54. The van der Waals surface area contributed by atoms with Gasteiger partial charge in [0.05, 0.1) is 9.82 Å². The normalized spacial score (nSPS) is 25.9. The summed E-state index contributed by atoms with van der Waals surface area (Å²) in [4.78, 5) is 10.5. The van der Waals surface area contributed by atoms with Gasteiger partial charge in [0.1, 0.15) is 0 Å². The highest BCUT2D eigenvalue weighted by Gasteiger charge is 2.43. The number of benzene rings is 1. The van der Waals surface area contributed by atoms with Gasteiger partial charge >= 0.3 is 0 Å². The van der Waals surface area contributed by atoms with Crippen LogP contribution in [0.5, 0.6) is 0 Å². The van der Waals surface area contributed by atoms with E-state index in [4.69, 9.17) is 0 Å². The summed E-state index contributed by atoms with van der Waals surface area (Å²) in [5, 5.41) is 14.3. The van der Waals surface area contributed by atoms with E-state index < -0.39 is 14.9 Å². The lowest BCUT2D eigenvalue weighted by Crippen LogP contribution is -2.42. The average molecular weight is 325 g/mol. The predicted octanol–water partition coefficient (Wildman–Crippen LogP) is 1.42. The number of nitro groups is 1. The van der Waals surface area contributed by atoms with Gasteiger partial charge in [-0.25, -0.2) is 8.42 Å². The molecule has 0 aliphatic carbocycles. The third-order valence-electron chi connectivity index (χ3n) is 4.54. The van der Waals surface area contributed by atoms with Crippen LogP contribution < -0.4 is 5.32 Å². The minimum atomic E-state index is -3.71. The molecule has 0 aromatic heterocycles. The zero-order valence-corrected chi connectivity index (χ0v) is 13.2. The van der Waals surface area contributed by atoms with Crippen LogP contribution in [0.3, 0.4) is 0 Å². The van der Waals surface area contributed by atoms with Crippen molar-refractivity contribution in [3.8, 4) is 0 Å². The first kappa shape index (κ1) is 15.4. The predicted molar refractivity (Wildman–Crippen MR) is 81.2 cm³/mol. The van der Waals surface area contributed by atoms with E-state index in [2.05, 4.69) is 5.32 Å². The number of hydrogen-bond donors (Lipinski definition) is 1. The molecule has 22 heavy (non-hydrogen) atoms. The lowest BCUT2D eigenvalue weighted by molar-refractivity contribution is -0.385. The molecule has 2 unspecified atom stereocenters. The van der Waals surface area contributed by atoms with Crippen molar-refractivity contribution >= 4 is 15.7 Å². The molecule has 3 rings (SSSR count). The third kappa shape index (κ3) is 2.51. The molecule has 0 saturated carbocycles. The van der Waals surface area contributed by atoms with Crippen LogP contribution in [0.25, 0.3) is 0 Å². The summed E-state index contributed by atoms with van der Waals surface area (Å²) in [6.07, 6.45) is 2.48. The number of hydrogen-bond acceptors (Lipinski definition) is 5. The molecule has 7 nitrogen and oxygen atoms in total. The first-order chi connectivity index (χ1) is 10.4. The second kappa shape index (κ2) is 5.60. The quantitative estimate of drug-likeness (QED) is 0.670. The minimum Gasteiger partial charge on any atom is -0.315 e. The Morgan fingerprint density at radius 3 is 2.73 bits per heavy atom. The molecule has 0 amide bonds. The van der Waals surface area contributed by atoms with E-state index in [1.54, 1.807) is 11.2 Å². The molecule has 1 aromatic rings. The Morgan fingerprint density at radius 1 is 1.27 bits per heavy atom. The maximum atomic E-state index is 13.0. The van der Waals surface area contributed by atoms with Crippen molar-refractivity contribution in [1.82, 2.24) is 9.62 Å². The van der Waals surface area contributed by atoms with Crippen molar-refractivity contribution in [2.45, 2.75) is 43.2 Å². The molecule has 2 saturated heterocycles. The van der Waals surface area contributed by atoms with Crippen molar-refractivity contribution in [3.63, 3.8) is 0 Å². The van der Waals surface area contributed by atoms with Gasteiger partial charge in [0.15, 0.2) is 0 Å². The summed E-state index contributed by atoms with van der Waals surface area (Å²) in [6, 6.07) is 4.09. The average Bonchev–Trinajstić information content (AvgIpc) is 2.72. The van der Waals surface area contributed by atoms with Crippen LogP contribution in [0.4, 0.5) is 5.69 Å². The molecule has 0 radical (unpaired) electrons. The van der Waals surface area contributed by atoms with E-state index in [0.717, 1.165) is 25.8 Å². The van der Waals surface area contributed by atoms with Crippen LogP contribution in [0.15, 0.2) is 23.1 Å². The van der Waals surface area contributed by atoms with Gasteiger partial charge in [-0.05, 0) is 38.8 Å². The van der Waals surface area contributed by atoms with Gasteiger partial charge in [-0.3, -0.25) is 10.1 Å². The van der Waals surface area contributed by atoms with Crippen molar-refractivity contribution in [2.24, 2.45) is 0 Å². The number of sulfonamides is 1. The molecule has 2 bridgehead atoms. The summed E-state index contributed by atoms with van der Waals surface area (Å²) in [7, 11) is -3.71. The lowest BCUT2D eigenvalue weighted by atomic mass is 10.1. The number of fused-ring (bicyclic) bond motifs is 2. The minimum absolute atomic E-state index is 0.00893. The van der Waals surface area contributed by atoms with E-state index >= 15 is 0 Å². The zero-order chi connectivity index (χ0) is 15.9. The van der Waals surface area contributed by atoms with E-state index in [9.17, 15) is 18.5 Å². The molecule has 1 N–H and O–H groups in total. The summed E-state index contributed by atoms with van der Waals surface area (Å²) in [6.45, 7) is 3.05. The fraction of sp³-hybridized carbons (Fsp3) is 0.571. The van der Waals surface area contributed by atoms with Crippen LogP contribution in [-0.2, 0) is 10.0 Å². The lowest BCUT2D eigenvalue weighted by Gasteiger charge is -2.26. The van der Waals surface area contributed by atoms with Gasteiger partial charge in [0, 0.05) is 30.3 Å². The monoisotopic (exact) mass is 325 g/mol. The van der Waals surface area contributed by atoms with Crippen LogP contribution in [-0.4, -0.2) is 42.8 Å². The fourth-order valence-corrected chi connectivity index (χ4v) is 5.32. The standard InChI is InChI=1S/C14H19N3O4S/c1-10-2-5-13(8-14(10)17(18)19)22(20,21)16-11-3-4-12(16)9-15-7-6-11/h2,5,8,11-12,15H,3-4,6-7,9H2,1H3. The molecule has 8 heteroatoms. The van der Waals surface area contributed by atoms with Crippen LogP contribution in [0.2, 0.25) is 0 Å². The van der Waals surface area contributed by atoms with Gasteiger partial charge in [0.25, 0.3) is 5.69 Å². The Bertz CT molecular complexity index is 690. The highest BCUT2D eigenvalue weighted by Crippen LogP contribution is 2.34. The molecule has 2 heterocycles. The Labute approximate surface area is 129 Å². The van der Waals surface area contributed by atoms with Gasteiger partial charge in [-0.15, -0.1) is 0 Å². The van der Waals surface area contributed by atoms with Gasteiger partial charge in [-0.1, -0.05) is 6.07 Å². The molecule has 2 fully saturated rings. The smallest absolute Gasteiger partial charge is 0.273 e. The van der Waals surface area contributed by atoms with E-state index in [0.29, 0.717) is 12.1 Å². The van der Waals surface area contributed by atoms with Gasteiger partial charge < -0.3 is 5.32 Å². The molecular formula is C14H19N3O4S. The topological polar surface area (TPSA) is 92.6 Å². The highest BCUT2D eigenvalue weighted by atomic mass is 32.2. The Morgan fingerprint density at radius 2 is 2.00 bits per heavy atom. The maximum absolute atomic E-state index is 13.0. The Balaban J connectivity index is 2.03. The second-order valence-electron chi connectivity index (χ2n) is 5.92. The molecular weight excluding hydrogens is 306 g/mol. The second-order valence-corrected chi connectivity index (χ2v) is 7.76. The Hall–Kier alpha value is -1.51. The van der Waals surface area contributed by atoms with Crippen LogP contribution >= 0.6 is 0 Å². The SMILES string of the molecule is Cc1ccc(S(=O)(=O)N2C3CCNCC2CC3)cc1[N+](=O)[O-]. The number of aryl methyl sites for hydroxylation is 1. The van der Waals surface area contributed by atoms with Gasteiger partial charge in [-0.2, -0.15) is 4.31 Å². The summed E-state index contributed by atoms with van der Waals surface area (Å²) in [5.74, 6) is 0. The van der Waals surface area contributed by atoms with Crippen molar-refractivity contribution in [2.75, 3.05) is 13.1 Å². The summed E-state index contributed by atoms with van der Waals surface area (Å²) < 4.78 is 27.5.